The first-order chi connectivity index (χ1) is 14.3. The minimum Gasteiger partial charge on any atom is -0.465 e. The van der Waals surface area contributed by atoms with E-state index in [0.717, 1.165) is 0 Å². The first kappa shape index (κ1) is 20.4. The number of hydrogen-bond donors (Lipinski definition) is 1. The van der Waals surface area contributed by atoms with Crippen LogP contribution in [0.5, 0.6) is 0 Å². The SMILES string of the molecule is CCOC(=O)C1C(=O)NC(=O)C12C(=O)N(Cc1ccc(Cl)c(Cl)c1)c1ccccc12. The Morgan fingerprint density at radius 1 is 1.13 bits per heavy atom. The van der Waals surface area contributed by atoms with Gasteiger partial charge in [-0.15, -0.1) is 0 Å². The lowest BCUT2D eigenvalue weighted by molar-refractivity contribution is -0.156. The molecule has 1 fully saturated rings. The van der Waals surface area contributed by atoms with Crippen molar-refractivity contribution in [3.05, 3.63) is 63.6 Å². The van der Waals surface area contributed by atoms with Crippen LogP contribution >= 0.6 is 23.2 Å². The van der Waals surface area contributed by atoms with Gasteiger partial charge in [0.05, 0.1) is 23.2 Å². The van der Waals surface area contributed by atoms with E-state index in [1.54, 1.807) is 49.4 Å². The van der Waals surface area contributed by atoms with E-state index in [2.05, 4.69) is 5.32 Å². The van der Waals surface area contributed by atoms with Crippen molar-refractivity contribution in [2.24, 2.45) is 5.92 Å². The molecular weight excluding hydrogens is 431 g/mol. The van der Waals surface area contributed by atoms with Crippen LogP contribution in [0.3, 0.4) is 0 Å². The maximum atomic E-state index is 13.7. The van der Waals surface area contributed by atoms with E-state index in [-0.39, 0.29) is 18.7 Å². The highest BCUT2D eigenvalue weighted by Gasteiger charge is 2.69. The maximum Gasteiger partial charge on any atom is 0.320 e. The first-order valence-corrected chi connectivity index (χ1v) is 9.95. The number of amides is 3. The molecule has 2 aromatic carbocycles. The Kier molecular flexibility index (Phi) is 5.03. The van der Waals surface area contributed by atoms with Crippen molar-refractivity contribution in [1.82, 2.24) is 5.32 Å². The maximum absolute atomic E-state index is 13.7. The fourth-order valence-corrected chi connectivity index (χ4v) is 4.40. The molecule has 4 rings (SSSR count). The third-order valence-electron chi connectivity index (χ3n) is 5.34. The molecule has 3 amide bonds. The number of ether oxygens (including phenoxy) is 1. The Labute approximate surface area is 181 Å². The van der Waals surface area contributed by atoms with Crippen LogP contribution in [0, 0.1) is 5.92 Å². The molecule has 0 radical (unpaired) electrons. The van der Waals surface area contributed by atoms with Crippen LogP contribution in [0.4, 0.5) is 5.69 Å². The molecule has 0 saturated carbocycles. The number of benzene rings is 2. The molecule has 0 bridgehead atoms. The summed E-state index contributed by atoms with van der Waals surface area (Å²) in [5, 5.41) is 2.84. The minimum atomic E-state index is -2.00. The van der Waals surface area contributed by atoms with Crippen LogP contribution in [0.15, 0.2) is 42.5 Å². The Bertz CT molecular complexity index is 1100. The Morgan fingerprint density at radius 3 is 2.57 bits per heavy atom. The molecule has 2 aromatic rings. The number of fused-ring (bicyclic) bond motifs is 2. The van der Waals surface area contributed by atoms with Gasteiger partial charge in [-0.05, 0) is 30.7 Å². The van der Waals surface area contributed by atoms with E-state index in [9.17, 15) is 19.2 Å². The molecule has 0 aliphatic carbocycles. The highest BCUT2D eigenvalue weighted by atomic mass is 35.5. The summed E-state index contributed by atoms with van der Waals surface area (Å²) in [6.45, 7) is 1.67. The van der Waals surface area contributed by atoms with Crippen molar-refractivity contribution >= 4 is 52.6 Å². The van der Waals surface area contributed by atoms with Gasteiger partial charge in [-0.3, -0.25) is 24.5 Å². The largest absolute Gasteiger partial charge is 0.465 e. The predicted octanol–water partition coefficient (Wildman–Crippen LogP) is 2.61. The highest BCUT2D eigenvalue weighted by molar-refractivity contribution is 6.42. The number of esters is 1. The molecule has 0 aromatic heterocycles. The lowest BCUT2D eigenvalue weighted by Crippen LogP contribution is -2.51. The van der Waals surface area contributed by atoms with Gasteiger partial charge < -0.3 is 9.64 Å². The summed E-state index contributed by atoms with van der Waals surface area (Å²) < 4.78 is 5.02. The third-order valence-corrected chi connectivity index (χ3v) is 6.08. The normalized spacial score (nSPS) is 22.4. The second-order valence-electron chi connectivity index (χ2n) is 6.97. The summed E-state index contributed by atoms with van der Waals surface area (Å²) in [6, 6.07) is 11.5. The zero-order valence-electron chi connectivity index (χ0n) is 15.8. The van der Waals surface area contributed by atoms with Gasteiger partial charge in [-0.2, -0.15) is 0 Å². The Morgan fingerprint density at radius 2 is 1.87 bits per heavy atom. The lowest BCUT2D eigenvalue weighted by atomic mass is 9.72. The number of carbonyl (C=O) groups excluding carboxylic acids is 4. The van der Waals surface area contributed by atoms with Crippen LogP contribution < -0.4 is 10.2 Å². The van der Waals surface area contributed by atoms with Crippen LogP contribution in [0.25, 0.3) is 0 Å². The van der Waals surface area contributed by atoms with Gasteiger partial charge in [0.15, 0.2) is 11.3 Å². The lowest BCUT2D eigenvalue weighted by Gasteiger charge is -2.25. The minimum absolute atomic E-state index is 0.00963. The second kappa shape index (κ2) is 7.41. The van der Waals surface area contributed by atoms with Gasteiger partial charge >= 0.3 is 5.97 Å². The van der Waals surface area contributed by atoms with E-state index in [4.69, 9.17) is 27.9 Å². The number of imide groups is 1. The standard InChI is InChI=1S/C21H16Cl2N2O5/c1-2-30-18(27)16-17(26)24-19(28)21(16)12-5-3-4-6-15(12)25(20(21)29)10-11-7-8-13(22)14(23)9-11/h3-9,16H,2,10H2,1H3,(H,24,26,28). The van der Waals surface area contributed by atoms with E-state index >= 15 is 0 Å². The van der Waals surface area contributed by atoms with Gasteiger partial charge in [0.2, 0.25) is 17.7 Å². The van der Waals surface area contributed by atoms with Crippen LogP contribution in [-0.2, 0) is 35.9 Å². The smallest absolute Gasteiger partial charge is 0.320 e. The van der Waals surface area contributed by atoms with Gasteiger partial charge in [0, 0.05) is 11.3 Å². The molecule has 1 spiro atoms. The molecule has 30 heavy (non-hydrogen) atoms. The van der Waals surface area contributed by atoms with Gasteiger partial charge in [-0.1, -0.05) is 47.5 Å². The Hall–Kier alpha value is -2.90. The van der Waals surface area contributed by atoms with Crippen molar-refractivity contribution in [2.75, 3.05) is 11.5 Å². The molecule has 2 atom stereocenters. The third kappa shape index (κ3) is 2.80. The number of anilines is 1. The van der Waals surface area contributed by atoms with E-state index in [1.807, 2.05) is 0 Å². The summed E-state index contributed by atoms with van der Waals surface area (Å²) in [5.41, 5.74) is -0.609. The second-order valence-corrected chi connectivity index (χ2v) is 7.78. The number of hydrogen-bond acceptors (Lipinski definition) is 5. The number of carbonyl (C=O) groups is 4. The van der Waals surface area contributed by atoms with Crippen LogP contribution in [-0.4, -0.2) is 30.3 Å². The summed E-state index contributed by atoms with van der Waals surface area (Å²) >= 11 is 12.1. The monoisotopic (exact) mass is 446 g/mol. The van der Waals surface area contributed by atoms with Crippen molar-refractivity contribution < 1.29 is 23.9 Å². The van der Waals surface area contributed by atoms with Gasteiger partial charge in [0.25, 0.3) is 0 Å². The molecule has 1 N–H and O–H groups in total. The fraction of sp³-hybridized carbons (Fsp3) is 0.238. The molecule has 9 heteroatoms. The van der Waals surface area contributed by atoms with Crippen LogP contribution in [0.2, 0.25) is 10.0 Å². The molecule has 2 aliphatic heterocycles. The van der Waals surface area contributed by atoms with Crippen molar-refractivity contribution in [3.8, 4) is 0 Å². The number of nitrogens with zero attached hydrogens (tertiary/aromatic N) is 1. The van der Waals surface area contributed by atoms with Crippen molar-refractivity contribution in [2.45, 2.75) is 18.9 Å². The quantitative estimate of drug-likeness (QED) is 0.442. The topological polar surface area (TPSA) is 92.8 Å². The number of para-hydroxylation sites is 1. The van der Waals surface area contributed by atoms with Gasteiger partial charge in [0.1, 0.15) is 0 Å². The average Bonchev–Trinajstić information content (AvgIpc) is 3.11. The summed E-state index contributed by atoms with van der Waals surface area (Å²) in [7, 11) is 0. The molecule has 7 nitrogen and oxygen atoms in total. The molecule has 2 heterocycles. The zero-order chi connectivity index (χ0) is 21.6. The van der Waals surface area contributed by atoms with E-state index in [0.29, 0.717) is 21.3 Å². The molecular formula is C21H16Cl2N2O5. The summed E-state index contributed by atoms with van der Waals surface area (Å²) in [6.07, 6.45) is 0. The molecule has 1 saturated heterocycles. The summed E-state index contributed by atoms with van der Waals surface area (Å²) in [5.74, 6) is -4.87. The van der Waals surface area contributed by atoms with Crippen molar-refractivity contribution in [3.63, 3.8) is 0 Å². The van der Waals surface area contributed by atoms with Crippen LogP contribution in [0.1, 0.15) is 18.1 Å². The fourth-order valence-electron chi connectivity index (χ4n) is 4.08. The summed E-state index contributed by atoms with van der Waals surface area (Å²) in [4.78, 5) is 53.2. The first-order valence-electron chi connectivity index (χ1n) is 9.19. The predicted molar refractivity (Wildman–Crippen MR) is 109 cm³/mol. The molecule has 2 unspecified atom stereocenters. The molecule has 154 valence electrons. The Balaban J connectivity index is 1.85. The molecule has 2 aliphatic rings. The van der Waals surface area contributed by atoms with Gasteiger partial charge in [-0.25, -0.2) is 0 Å². The van der Waals surface area contributed by atoms with Crippen molar-refractivity contribution in [1.29, 1.82) is 0 Å². The highest BCUT2D eigenvalue weighted by Crippen LogP contribution is 2.50. The van der Waals surface area contributed by atoms with E-state index < -0.39 is 35.0 Å². The zero-order valence-corrected chi connectivity index (χ0v) is 17.3. The number of nitrogens with one attached hydrogen (secondary N) is 1. The number of halogens is 2. The van der Waals surface area contributed by atoms with E-state index in [1.165, 1.54) is 4.90 Å². The average molecular weight is 447 g/mol. The number of rotatable bonds is 4.